The van der Waals surface area contributed by atoms with Crippen molar-refractivity contribution < 1.29 is 9.53 Å². The molecule has 1 heterocycles. The van der Waals surface area contributed by atoms with Crippen molar-refractivity contribution in [2.45, 2.75) is 13.5 Å². The summed E-state index contributed by atoms with van der Waals surface area (Å²) >= 11 is 18.6. The van der Waals surface area contributed by atoms with Crippen LogP contribution in [0, 0.1) is 6.92 Å². The minimum atomic E-state index is -0.461. The first kappa shape index (κ1) is 16.9. The average Bonchev–Trinajstić information content (AvgIpc) is 2.75. The minimum Gasteiger partial charge on any atom is -0.466 e. The molecule has 0 N–H and O–H groups in total. The molecule has 1 aromatic carbocycles. The Balaban J connectivity index is 2.34. The van der Waals surface area contributed by atoms with Crippen LogP contribution in [0.2, 0.25) is 15.2 Å². The van der Waals surface area contributed by atoms with Crippen LogP contribution in [-0.4, -0.2) is 22.9 Å². The van der Waals surface area contributed by atoms with Gasteiger partial charge in [-0.05, 0) is 25.1 Å². The maximum atomic E-state index is 11.2. The molecule has 0 fully saturated rings. The third kappa shape index (κ3) is 3.64. The van der Waals surface area contributed by atoms with Crippen LogP contribution in [0.1, 0.15) is 16.8 Å². The van der Waals surface area contributed by atoms with E-state index < -0.39 is 5.97 Å². The number of carbonyl (C=O) groups excluding carboxylic acids is 1. The number of hydrogen-bond acceptors (Lipinski definition) is 3. The standard InChI is InChI=1S/C15H13Cl3N2O2/c1-9-10(6-7-14(21)22-2)15(18)20(19-9)8-11-12(16)4-3-5-13(11)17/h3-7H,8H2,1-2H3/b7-6+. The summed E-state index contributed by atoms with van der Waals surface area (Å²) in [5.41, 5.74) is 2.07. The normalized spacial score (nSPS) is 11.1. The Labute approximate surface area is 143 Å². The summed E-state index contributed by atoms with van der Waals surface area (Å²) in [7, 11) is 1.31. The highest BCUT2D eigenvalue weighted by atomic mass is 35.5. The Morgan fingerprint density at radius 3 is 2.55 bits per heavy atom. The maximum Gasteiger partial charge on any atom is 0.330 e. The molecule has 0 spiro atoms. The smallest absolute Gasteiger partial charge is 0.330 e. The quantitative estimate of drug-likeness (QED) is 0.601. The molecule has 0 aliphatic rings. The Morgan fingerprint density at radius 2 is 1.95 bits per heavy atom. The van der Waals surface area contributed by atoms with Gasteiger partial charge in [-0.25, -0.2) is 9.48 Å². The van der Waals surface area contributed by atoms with Crippen molar-refractivity contribution in [1.82, 2.24) is 9.78 Å². The lowest BCUT2D eigenvalue weighted by Crippen LogP contribution is -2.03. The molecule has 0 amide bonds. The van der Waals surface area contributed by atoms with Crippen molar-refractivity contribution >= 4 is 46.8 Å². The fourth-order valence-corrected chi connectivity index (χ4v) is 2.73. The third-order valence-corrected chi connectivity index (χ3v) is 4.17. The molecule has 0 bridgehead atoms. The van der Waals surface area contributed by atoms with Crippen molar-refractivity contribution in [3.8, 4) is 0 Å². The molecule has 0 aliphatic heterocycles. The molecule has 22 heavy (non-hydrogen) atoms. The monoisotopic (exact) mass is 358 g/mol. The van der Waals surface area contributed by atoms with Crippen LogP contribution in [-0.2, 0) is 16.1 Å². The van der Waals surface area contributed by atoms with Crippen LogP contribution < -0.4 is 0 Å². The van der Waals surface area contributed by atoms with Gasteiger partial charge in [-0.3, -0.25) is 0 Å². The number of aromatic nitrogens is 2. The van der Waals surface area contributed by atoms with Crippen molar-refractivity contribution in [3.63, 3.8) is 0 Å². The number of methoxy groups -OCH3 is 1. The highest BCUT2D eigenvalue weighted by molar-refractivity contribution is 6.36. The van der Waals surface area contributed by atoms with Gasteiger partial charge >= 0.3 is 5.97 Å². The summed E-state index contributed by atoms with van der Waals surface area (Å²) in [5, 5.41) is 5.84. The van der Waals surface area contributed by atoms with Gasteiger partial charge in [-0.15, -0.1) is 0 Å². The molecule has 0 unspecified atom stereocenters. The number of rotatable bonds is 4. The first-order valence-electron chi connectivity index (χ1n) is 6.36. The summed E-state index contributed by atoms with van der Waals surface area (Å²) in [5.74, 6) is -0.461. The molecule has 0 radical (unpaired) electrons. The Kier molecular flexibility index (Phi) is 5.51. The van der Waals surface area contributed by atoms with Gasteiger partial charge in [0.15, 0.2) is 0 Å². The number of ether oxygens (including phenoxy) is 1. The van der Waals surface area contributed by atoms with E-state index in [2.05, 4.69) is 9.84 Å². The van der Waals surface area contributed by atoms with Crippen molar-refractivity contribution in [1.29, 1.82) is 0 Å². The number of nitrogens with zero attached hydrogens (tertiary/aromatic N) is 2. The highest BCUT2D eigenvalue weighted by Crippen LogP contribution is 2.28. The molecular weight excluding hydrogens is 347 g/mol. The van der Waals surface area contributed by atoms with E-state index in [9.17, 15) is 4.79 Å². The van der Waals surface area contributed by atoms with Crippen LogP contribution in [0.15, 0.2) is 24.3 Å². The van der Waals surface area contributed by atoms with E-state index in [4.69, 9.17) is 34.8 Å². The van der Waals surface area contributed by atoms with E-state index in [1.807, 2.05) is 0 Å². The first-order chi connectivity index (χ1) is 10.4. The lowest BCUT2D eigenvalue weighted by molar-refractivity contribution is -0.134. The predicted octanol–water partition coefficient (Wildman–Crippen LogP) is 4.39. The van der Waals surface area contributed by atoms with Gasteiger partial charge in [0, 0.05) is 27.2 Å². The highest BCUT2D eigenvalue weighted by Gasteiger charge is 2.14. The largest absolute Gasteiger partial charge is 0.466 e. The molecule has 0 saturated carbocycles. The Bertz CT molecular complexity index is 718. The number of esters is 1. The summed E-state index contributed by atoms with van der Waals surface area (Å²) in [4.78, 5) is 11.2. The molecule has 1 aromatic heterocycles. The number of benzene rings is 1. The summed E-state index contributed by atoms with van der Waals surface area (Å²) < 4.78 is 6.14. The summed E-state index contributed by atoms with van der Waals surface area (Å²) in [6.45, 7) is 2.14. The maximum absolute atomic E-state index is 11.2. The van der Waals surface area contributed by atoms with E-state index in [1.165, 1.54) is 13.2 Å². The van der Waals surface area contributed by atoms with Gasteiger partial charge in [0.2, 0.25) is 0 Å². The van der Waals surface area contributed by atoms with Gasteiger partial charge < -0.3 is 4.74 Å². The van der Waals surface area contributed by atoms with E-state index >= 15 is 0 Å². The third-order valence-electron chi connectivity index (χ3n) is 3.07. The van der Waals surface area contributed by atoms with Crippen molar-refractivity contribution in [2.75, 3.05) is 7.11 Å². The molecule has 0 saturated heterocycles. The van der Waals surface area contributed by atoms with Gasteiger partial charge in [-0.1, -0.05) is 40.9 Å². The Morgan fingerprint density at radius 1 is 1.32 bits per heavy atom. The van der Waals surface area contributed by atoms with Crippen molar-refractivity contribution in [3.05, 3.63) is 56.3 Å². The van der Waals surface area contributed by atoms with Gasteiger partial charge in [0.1, 0.15) is 5.15 Å². The van der Waals surface area contributed by atoms with E-state index in [1.54, 1.807) is 35.9 Å². The van der Waals surface area contributed by atoms with E-state index in [0.717, 1.165) is 5.56 Å². The molecule has 0 atom stereocenters. The van der Waals surface area contributed by atoms with Gasteiger partial charge in [-0.2, -0.15) is 5.10 Å². The molecule has 2 aromatic rings. The van der Waals surface area contributed by atoms with E-state index in [0.29, 0.717) is 33.0 Å². The number of aryl methyl sites for hydroxylation is 1. The number of hydrogen-bond donors (Lipinski definition) is 0. The fraction of sp³-hybridized carbons (Fsp3) is 0.200. The molecule has 7 heteroatoms. The molecular formula is C15H13Cl3N2O2. The van der Waals surface area contributed by atoms with Crippen LogP contribution in [0.4, 0.5) is 0 Å². The second kappa shape index (κ2) is 7.18. The molecule has 0 aliphatic carbocycles. The minimum absolute atomic E-state index is 0.338. The molecule has 116 valence electrons. The second-order valence-electron chi connectivity index (χ2n) is 4.50. The lowest BCUT2D eigenvalue weighted by atomic mass is 10.2. The fourth-order valence-electron chi connectivity index (χ4n) is 1.91. The van der Waals surface area contributed by atoms with Crippen LogP contribution in [0.3, 0.4) is 0 Å². The topological polar surface area (TPSA) is 44.1 Å². The Hall–Kier alpha value is -1.49. The van der Waals surface area contributed by atoms with Gasteiger partial charge in [0.05, 0.1) is 19.3 Å². The summed E-state index contributed by atoms with van der Waals surface area (Å²) in [6, 6.07) is 5.28. The average molecular weight is 360 g/mol. The lowest BCUT2D eigenvalue weighted by Gasteiger charge is -2.08. The second-order valence-corrected chi connectivity index (χ2v) is 5.68. The zero-order valence-corrected chi connectivity index (χ0v) is 14.2. The van der Waals surface area contributed by atoms with Gasteiger partial charge in [0.25, 0.3) is 0 Å². The predicted molar refractivity (Wildman–Crippen MR) is 88.6 cm³/mol. The van der Waals surface area contributed by atoms with Crippen LogP contribution in [0.25, 0.3) is 6.08 Å². The molecule has 4 nitrogen and oxygen atoms in total. The van der Waals surface area contributed by atoms with E-state index in [-0.39, 0.29) is 0 Å². The number of carbonyl (C=O) groups is 1. The number of halogens is 3. The zero-order valence-electron chi connectivity index (χ0n) is 11.9. The first-order valence-corrected chi connectivity index (χ1v) is 7.49. The van der Waals surface area contributed by atoms with Crippen molar-refractivity contribution in [2.24, 2.45) is 0 Å². The van der Waals surface area contributed by atoms with Crippen LogP contribution >= 0.6 is 34.8 Å². The molecule has 2 rings (SSSR count). The van der Waals surface area contributed by atoms with Crippen LogP contribution in [0.5, 0.6) is 0 Å². The SMILES string of the molecule is COC(=O)/C=C/c1c(C)nn(Cc2c(Cl)cccc2Cl)c1Cl. The zero-order chi connectivity index (χ0) is 16.3. The summed E-state index contributed by atoms with van der Waals surface area (Å²) in [6.07, 6.45) is 2.86.